The molecular weight excluding hydrogens is 480 g/mol. The van der Waals surface area contributed by atoms with E-state index in [0.29, 0.717) is 22.4 Å². The Morgan fingerprint density at radius 2 is 1.73 bits per heavy atom. The van der Waals surface area contributed by atoms with Crippen LogP contribution in [0, 0.1) is 6.92 Å². The van der Waals surface area contributed by atoms with Gasteiger partial charge >= 0.3 is 0 Å². The van der Waals surface area contributed by atoms with E-state index in [4.69, 9.17) is 4.42 Å². The van der Waals surface area contributed by atoms with Crippen molar-refractivity contribution >= 4 is 38.6 Å². The molecule has 0 radical (unpaired) electrons. The number of benzene rings is 2. The van der Waals surface area contributed by atoms with E-state index in [1.807, 2.05) is 31.2 Å². The van der Waals surface area contributed by atoms with Crippen LogP contribution in [0.15, 0.2) is 74.5 Å². The van der Waals surface area contributed by atoms with Crippen LogP contribution in [0.3, 0.4) is 0 Å². The highest BCUT2D eigenvalue weighted by atomic mass is 79.9. The minimum Gasteiger partial charge on any atom is -0.450 e. The zero-order valence-corrected chi connectivity index (χ0v) is 20.4. The second-order valence-corrected chi connectivity index (χ2v) is 10.4. The summed E-state index contributed by atoms with van der Waals surface area (Å²) >= 11 is 3.43. The van der Waals surface area contributed by atoms with Gasteiger partial charge in [0.05, 0.1) is 17.0 Å². The molecule has 0 saturated heterocycles. The van der Waals surface area contributed by atoms with E-state index in [2.05, 4.69) is 53.8 Å². The number of fused-ring (bicyclic) bond motifs is 2. The van der Waals surface area contributed by atoms with Crippen molar-refractivity contribution in [2.24, 2.45) is 0 Å². The standard InChI is InChI=1S/C27H23BrN2O3/c1-15-11-12-29-21(13-15)30-23(16-5-7-17(8-6-16)27(2,3)4)22-24(31)19-14-18(28)9-10-20(19)33-25(22)26(30)32/h5-14,23H,1-4H3. The molecule has 3 heterocycles. The summed E-state index contributed by atoms with van der Waals surface area (Å²) in [6, 6.07) is 16.4. The predicted octanol–water partition coefficient (Wildman–Crippen LogP) is 6.31. The van der Waals surface area contributed by atoms with Crippen molar-refractivity contribution in [3.8, 4) is 0 Å². The van der Waals surface area contributed by atoms with Gasteiger partial charge in [0.1, 0.15) is 11.4 Å². The maximum Gasteiger partial charge on any atom is 0.296 e. The average molecular weight is 503 g/mol. The zero-order valence-electron chi connectivity index (χ0n) is 18.8. The van der Waals surface area contributed by atoms with Crippen molar-refractivity contribution < 1.29 is 9.21 Å². The van der Waals surface area contributed by atoms with Gasteiger partial charge in [-0.25, -0.2) is 4.98 Å². The molecule has 5 nitrogen and oxygen atoms in total. The van der Waals surface area contributed by atoms with Crippen molar-refractivity contribution in [2.45, 2.75) is 39.2 Å². The summed E-state index contributed by atoms with van der Waals surface area (Å²) in [5.41, 5.74) is 3.49. The molecule has 33 heavy (non-hydrogen) atoms. The van der Waals surface area contributed by atoms with Gasteiger partial charge in [-0.15, -0.1) is 0 Å². The van der Waals surface area contributed by atoms with E-state index in [9.17, 15) is 9.59 Å². The minimum absolute atomic E-state index is 0.0127. The van der Waals surface area contributed by atoms with Crippen molar-refractivity contribution in [3.63, 3.8) is 0 Å². The summed E-state index contributed by atoms with van der Waals surface area (Å²) in [5.74, 6) is 0.193. The van der Waals surface area contributed by atoms with Crippen LogP contribution in [0.4, 0.5) is 5.82 Å². The monoisotopic (exact) mass is 502 g/mol. The first-order chi connectivity index (χ1) is 15.6. The number of aryl methyl sites for hydroxylation is 1. The molecule has 1 atom stereocenters. The number of carbonyl (C=O) groups is 1. The molecule has 1 amide bonds. The Morgan fingerprint density at radius 1 is 1.00 bits per heavy atom. The first kappa shape index (κ1) is 21.6. The number of halogens is 1. The fourth-order valence-corrected chi connectivity index (χ4v) is 4.68. The molecule has 0 bridgehead atoms. The summed E-state index contributed by atoms with van der Waals surface area (Å²) in [6.07, 6.45) is 1.67. The summed E-state index contributed by atoms with van der Waals surface area (Å²) in [6.45, 7) is 8.40. The average Bonchev–Trinajstić information content (AvgIpc) is 3.06. The Kier molecular flexibility index (Phi) is 5.01. The summed E-state index contributed by atoms with van der Waals surface area (Å²) in [4.78, 5) is 33.3. The van der Waals surface area contributed by atoms with Gasteiger partial charge in [0.15, 0.2) is 5.43 Å². The van der Waals surface area contributed by atoms with Gasteiger partial charge in [-0.3, -0.25) is 14.5 Å². The summed E-state index contributed by atoms with van der Waals surface area (Å²) < 4.78 is 6.80. The van der Waals surface area contributed by atoms with Gasteiger partial charge in [-0.05, 0) is 59.4 Å². The predicted molar refractivity (Wildman–Crippen MR) is 133 cm³/mol. The molecular formula is C27H23BrN2O3. The summed E-state index contributed by atoms with van der Waals surface area (Å²) in [5, 5.41) is 0.436. The molecule has 0 aliphatic carbocycles. The second-order valence-electron chi connectivity index (χ2n) is 9.46. The molecule has 4 aromatic rings. The van der Waals surface area contributed by atoms with Crippen molar-refractivity contribution in [1.82, 2.24) is 4.98 Å². The lowest BCUT2D eigenvalue weighted by atomic mass is 9.86. The fourth-order valence-electron chi connectivity index (χ4n) is 4.31. The molecule has 2 aromatic carbocycles. The highest BCUT2D eigenvalue weighted by Crippen LogP contribution is 2.41. The number of amides is 1. The van der Waals surface area contributed by atoms with Crippen LogP contribution in [-0.4, -0.2) is 10.9 Å². The van der Waals surface area contributed by atoms with Gasteiger partial charge in [0.25, 0.3) is 5.91 Å². The molecule has 1 unspecified atom stereocenters. The van der Waals surface area contributed by atoms with Crippen molar-refractivity contribution in [3.05, 3.63) is 104 Å². The molecule has 0 saturated carbocycles. The van der Waals surface area contributed by atoms with Gasteiger partial charge in [-0.2, -0.15) is 0 Å². The van der Waals surface area contributed by atoms with Crippen LogP contribution >= 0.6 is 15.9 Å². The lowest BCUT2D eigenvalue weighted by molar-refractivity contribution is 0.0970. The molecule has 1 aliphatic heterocycles. The van der Waals surface area contributed by atoms with Crippen LogP contribution in [0.2, 0.25) is 0 Å². The molecule has 0 fully saturated rings. The van der Waals surface area contributed by atoms with E-state index in [0.717, 1.165) is 15.6 Å². The third kappa shape index (κ3) is 3.59. The minimum atomic E-state index is -0.629. The molecule has 6 heteroatoms. The van der Waals surface area contributed by atoms with E-state index in [1.54, 1.807) is 29.3 Å². The van der Waals surface area contributed by atoms with Gasteiger partial charge in [0, 0.05) is 10.7 Å². The van der Waals surface area contributed by atoms with Gasteiger partial charge < -0.3 is 4.42 Å². The first-order valence-corrected chi connectivity index (χ1v) is 11.6. The maximum absolute atomic E-state index is 13.7. The Bertz CT molecular complexity index is 1470. The number of aromatic nitrogens is 1. The van der Waals surface area contributed by atoms with E-state index >= 15 is 0 Å². The summed E-state index contributed by atoms with van der Waals surface area (Å²) in [7, 11) is 0. The lowest BCUT2D eigenvalue weighted by Gasteiger charge is -2.25. The number of rotatable bonds is 2. The molecule has 0 N–H and O–H groups in total. The first-order valence-electron chi connectivity index (χ1n) is 10.8. The third-order valence-electron chi connectivity index (χ3n) is 6.07. The number of pyridine rings is 1. The van der Waals surface area contributed by atoms with E-state index in [1.165, 1.54) is 5.56 Å². The van der Waals surface area contributed by atoms with Crippen LogP contribution in [0.5, 0.6) is 0 Å². The topological polar surface area (TPSA) is 63.4 Å². The second kappa shape index (κ2) is 7.66. The smallest absolute Gasteiger partial charge is 0.296 e. The van der Waals surface area contributed by atoms with Gasteiger partial charge in [-0.1, -0.05) is 61.0 Å². The molecule has 2 aromatic heterocycles. The quantitative estimate of drug-likeness (QED) is 0.322. The van der Waals surface area contributed by atoms with Crippen LogP contribution in [0.25, 0.3) is 11.0 Å². The number of nitrogens with zero attached hydrogens (tertiary/aromatic N) is 2. The largest absolute Gasteiger partial charge is 0.450 e. The molecule has 0 spiro atoms. The lowest BCUT2D eigenvalue weighted by Crippen LogP contribution is -2.30. The Balaban J connectivity index is 1.78. The molecule has 1 aliphatic rings. The number of hydrogen-bond acceptors (Lipinski definition) is 4. The Labute approximate surface area is 200 Å². The Hall–Kier alpha value is -3.25. The highest BCUT2D eigenvalue weighted by molar-refractivity contribution is 9.10. The number of anilines is 1. The fraction of sp³-hybridized carbons (Fsp3) is 0.222. The van der Waals surface area contributed by atoms with E-state index in [-0.39, 0.29) is 22.5 Å². The van der Waals surface area contributed by atoms with E-state index < -0.39 is 6.04 Å². The highest BCUT2D eigenvalue weighted by Gasteiger charge is 2.44. The zero-order chi connectivity index (χ0) is 23.5. The number of hydrogen-bond donors (Lipinski definition) is 0. The molecule has 5 rings (SSSR count). The van der Waals surface area contributed by atoms with Crippen LogP contribution in [0.1, 0.15) is 59.6 Å². The van der Waals surface area contributed by atoms with Gasteiger partial charge in [0.2, 0.25) is 5.76 Å². The third-order valence-corrected chi connectivity index (χ3v) is 6.57. The van der Waals surface area contributed by atoms with Crippen molar-refractivity contribution in [2.75, 3.05) is 4.90 Å². The Morgan fingerprint density at radius 3 is 2.39 bits per heavy atom. The van der Waals surface area contributed by atoms with Crippen molar-refractivity contribution in [1.29, 1.82) is 0 Å². The maximum atomic E-state index is 13.7. The normalized spacial score (nSPS) is 15.8. The SMILES string of the molecule is Cc1ccnc(N2C(=O)c3oc4ccc(Br)cc4c(=O)c3C2c2ccc(C(C)(C)C)cc2)c1. The molecule has 166 valence electrons. The number of carbonyl (C=O) groups excluding carboxylic acids is 1. The van der Waals surface area contributed by atoms with Crippen LogP contribution in [-0.2, 0) is 5.41 Å². The van der Waals surface area contributed by atoms with Crippen LogP contribution < -0.4 is 10.3 Å².